The van der Waals surface area contributed by atoms with E-state index in [-0.39, 0.29) is 18.4 Å². The Hall–Kier alpha value is -3.03. The van der Waals surface area contributed by atoms with Crippen molar-refractivity contribution >= 4 is 17.5 Å². The highest BCUT2D eigenvalue weighted by molar-refractivity contribution is 5.96. The molecule has 0 spiro atoms. The van der Waals surface area contributed by atoms with Crippen molar-refractivity contribution in [1.82, 2.24) is 10.2 Å². The van der Waals surface area contributed by atoms with Gasteiger partial charge in [0.1, 0.15) is 0 Å². The monoisotopic (exact) mass is 405 g/mol. The zero-order chi connectivity index (χ0) is 21.0. The molecule has 3 rings (SSSR count). The van der Waals surface area contributed by atoms with Crippen LogP contribution in [0.2, 0.25) is 0 Å². The SMILES string of the molecule is Cc1ccc(C(=O)NCC(=O)N2CCN(c3cccc(C(F)(F)F)c3)CC2)cc1. The van der Waals surface area contributed by atoms with Crippen LogP contribution in [0.5, 0.6) is 0 Å². The van der Waals surface area contributed by atoms with Gasteiger partial charge in [0.25, 0.3) is 5.91 Å². The summed E-state index contributed by atoms with van der Waals surface area (Å²) in [4.78, 5) is 27.9. The average molecular weight is 405 g/mol. The Morgan fingerprint density at radius 2 is 1.66 bits per heavy atom. The Balaban J connectivity index is 1.51. The molecule has 0 unspecified atom stereocenters. The summed E-state index contributed by atoms with van der Waals surface area (Å²) < 4.78 is 38.7. The first kappa shape index (κ1) is 20.7. The van der Waals surface area contributed by atoms with Crippen molar-refractivity contribution in [3.05, 3.63) is 65.2 Å². The number of nitrogens with zero attached hydrogens (tertiary/aromatic N) is 2. The molecule has 2 amide bonds. The number of rotatable bonds is 4. The third-order valence-corrected chi connectivity index (χ3v) is 4.88. The maximum Gasteiger partial charge on any atom is 0.416 e. The van der Waals surface area contributed by atoms with Crippen molar-refractivity contribution in [1.29, 1.82) is 0 Å². The van der Waals surface area contributed by atoms with Gasteiger partial charge in [-0.1, -0.05) is 23.8 Å². The van der Waals surface area contributed by atoms with Crippen molar-refractivity contribution in [2.45, 2.75) is 13.1 Å². The van der Waals surface area contributed by atoms with Gasteiger partial charge in [-0.05, 0) is 37.3 Å². The maximum atomic E-state index is 12.9. The fourth-order valence-corrected chi connectivity index (χ4v) is 3.17. The summed E-state index contributed by atoms with van der Waals surface area (Å²) in [6.45, 7) is 3.43. The van der Waals surface area contributed by atoms with Crippen LogP contribution in [0.15, 0.2) is 48.5 Å². The van der Waals surface area contributed by atoms with Crippen LogP contribution in [0, 0.1) is 6.92 Å². The number of benzene rings is 2. The van der Waals surface area contributed by atoms with Crippen LogP contribution in [0.1, 0.15) is 21.5 Å². The first-order valence-corrected chi connectivity index (χ1v) is 9.29. The molecule has 1 fully saturated rings. The van der Waals surface area contributed by atoms with Gasteiger partial charge in [-0.3, -0.25) is 9.59 Å². The van der Waals surface area contributed by atoms with Crippen LogP contribution >= 0.6 is 0 Å². The molecule has 1 N–H and O–H groups in total. The molecule has 154 valence electrons. The predicted octanol–water partition coefficient (Wildman–Crippen LogP) is 3.09. The molecule has 5 nitrogen and oxygen atoms in total. The summed E-state index contributed by atoms with van der Waals surface area (Å²) in [6.07, 6.45) is -4.39. The molecule has 1 aliphatic rings. The summed E-state index contributed by atoms with van der Waals surface area (Å²) in [6, 6.07) is 12.2. The average Bonchev–Trinajstić information content (AvgIpc) is 2.72. The number of alkyl halides is 3. The van der Waals surface area contributed by atoms with Gasteiger partial charge in [-0.15, -0.1) is 0 Å². The lowest BCUT2D eigenvalue weighted by molar-refractivity contribution is -0.137. The number of nitrogens with one attached hydrogen (secondary N) is 1. The number of anilines is 1. The topological polar surface area (TPSA) is 52.7 Å². The molecular weight excluding hydrogens is 383 g/mol. The van der Waals surface area contributed by atoms with Gasteiger partial charge in [-0.25, -0.2) is 0 Å². The second-order valence-electron chi connectivity index (χ2n) is 6.96. The van der Waals surface area contributed by atoms with Crippen LogP contribution in [-0.2, 0) is 11.0 Å². The molecule has 1 aliphatic heterocycles. The number of halogens is 3. The normalized spacial score (nSPS) is 14.6. The number of hydrogen-bond acceptors (Lipinski definition) is 3. The highest BCUT2D eigenvalue weighted by Crippen LogP contribution is 2.31. The number of piperazine rings is 1. The first-order chi connectivity index (χ1) is 13.7. The lowest BCUT2D eigenvalue weighted by Crippen LogP contribution is -2.51. The summed E-state index contributed by atoms with van der Waals surface area (Å²) in [7, 11) is 0. The van der Waals surface area contributed by atoms with Gasteiger partial charge in [0.15, 0.2) is 0 Å². The standard InChI is InChI=1S/C21H22F3N3O2/c1-15-5-7-16(8-6-15)20(29)25-14-19(28)27-11-9-26(10-12-27)18-4-2-3-17(13-18)21(22,23)24/h2-8,13H,9-12,14H2,1H3,(H,25,29). The highest BCUT2D eigenvalue weighted by Gasteiger charge is 2.31. The van der Waals surface area contributed by atoms with Crippen LogP contribution in [-0.4, -0.2) is 49.4 Å². The zero-order valence-electron chi connectivity index (χ0n) is 16.0. The van der Waals surface area contributed by atoms with E-state index in [2.05, 4.69) is 5.32 Å². The molecule has 2 aromatic carbocycles. The van der Waals surface area contributed by atoms with Gasteiger partial charge in [0.2, 0.25) is 5.91 Å². The third-order valence-electron chi connectivity index (χ3n) is 4.88. The van der Waals surface area contributed by atoms with E-state index in [1.54, 1.807) is 23.1 Å². The molecule has 0 radical (unpaired) electrons. The van der Waals surface area contributed by atoms with E-state index in [4.69, 9.17) is 0 Å². The number of carbonyl (C=O) groups is 2. The summed E-state index contributed by atoms with van der Waals surface area (Å²) in [5, 5.41) is 2.61. The molecule has 0 atom stereocenters. The molecule has 8 heteroatoms. The van der Waals surface area contributed by atoms with Gasteiger partial charge >= 0.3 is 6.18 Å². The third kappa shape index (κ3) is 5.28. The minimum Gasteiger partial charge on any atom is -0.368 e. The smallest absolute Gasteiger partial charge is 0.368 e. The first-order valence-electron chi connectivity index (χ1n) is 9.29. The van der Waals surface area contributed by atoms with Gasteiger partial charge in [0.05, 0.1) is 12.1 Å². The molecular formula is C21H22F3N3O2. The quantitative estimate of drug-likeness (QED) is 0.851. The second-order valence-corrected chi connectivity index (χ2v) is 6.96. The number of aryl methyl sites for hydroxylation is 1. The van der Waals surface area contributed by atoms with E-state index in [1.807, 2.05) is 24.0 Å². The minimum absolute atomic E-state index is 0.115. The van der Waals surface area contributed by atoms with Gasteiger partial charge < -0.3 is 15.1 Å². The van der Waals surface area contributed by atoms with Crippen molar-refractivity contribution in [2.24, 2.45) is 0 Å². The van der Waals surface area contributed by atoms with Crippen molar-refractivity contribution in [3.8, 4) is 0 Å². The Bertz CT molecular complexity index is 873. The number of carbonyl (C=O) groups excluding carboxylic acids is 2. The van der Waals surface area contributed by atoms with Crippen molar-refractivity contribution < 1.29 is 22.8 Å². The lowest BCUT2D eigenvalue weighted by Gasteiger charge is -2.36. The van der Waals surface area contributed by atoms with E-state index in [1.165, 1.54) is 6.07 Å². The molecule has 1 saturated heterocycles. The van der Waals surface area contributed by atoms with E-state index in [0.717, 1.165) is 17.7 Å². The Kier molecular flexibility index (Phi) is 6.10. The molecule has 0 saturated carbocycles. The van der Waals surface area contributed by atoms with Crippen LogP contribution < -0.4 is 10.2 Å². The van der Waals surface area contributed by atoms with Crippen LogP contribution in [0.3, 0.4) is 0 Å². The summed E-state index contributed by atoms with van der Waals surface area (Å²) in [5.41, 5.74) is 1.32. The Labute approximate surface area is 167 Å². The summed E-state index contributed by atoms with van der Waals surface area (Å²) in [5.74, 6) is -0.532. The zero-order valence-corrected chi connectivity index (χ0v) is 16.0. The fraction of sp³-hybridized carbons (Fsp3) is 0.333. The highest BCUT2D eigenvalue weighted by atomic mass is 19.4. The fourth-order valence-electron chi connectivity index (χ4n) is 3.17. The van der Waals surface area contributed by atoms with Gasteiger partial charge in [0, 0.05) is 37.4 Å². The Morgan fingerprint density at radius 3 is 2.28 bits per heavy atom. The largest absolute Gasteiger partial charge is 0.416 e. The molecule has 0 bridgehead atoms. The Morgan fingerprint density at radius 1 is 1.00 bits per heavy atom. The van der Waals surface area contributed by atoms with E-state index in [0.29, 0.717) is 37.4 Å². The number of hydrogen-bond donors (Lipinski definition) is 1. The maximum absolute atomic E-state index is 12.9. The van der Waals surface area contributed by atoms with Crippen molar-refractivity contribution in [3.63, 3.8) is 0 Å². The van der Waals surface area contributed by atoms with Crippen LogP contribution in [0.4, 0.5) is 18.9 Å². The number of amides is 2. The van der Waals surface area contributed by atoms with E-state index in [9.17, 15) is 22.8 Å². The van der Waals surface area contributed by atoms with Crippen molar-refractivity contribution in [2.75, 3.05) is 37.6 Å². The predicted molar refractivity (Wildman–Crippen MR) is 104 cm³/mol. The molecule has 0 aromatic heterocycles. The van der Waals surface area contributed by atoms with E-state index < -0.39 is 11.7 Å². The minimum atomic E-state index is -4.39. The second kappa shape index (κ2) is 8.55. The molecule has 0 aliphatic carbocycles. The molecule has 29 heavy (non-hydrogen) atoms. The van der Waals surface area contributed by atoms with E-state index >= 15 is 0 Å². The van der Waals surface area contributed by atoms with Crippen LogP contribution in [0.25, 0.3) is 0 Å². The lowest BCUT2D eigenvalue weighted by atomic mass is 10.1. The molecule has 2 aromatic rings. The summed E-state index contributed by atoms with van der Waals surface area (Å²) >= 11 is 0. The van der Waals surface area contributed by atoms with Gasteiger partial charge in [-0.2, -0.15) is 13.2 Å². The molecule has 1 heterocycles.